The maximum absolute atomic E-state index is 13.2. The van der Waals surface area contributed by atoms with Crippen LogP contribution in [0.15, 0.2) is 66.2 Å². The number of aliphatic hydroxyl groups is 1. The summed E-state index contributed by atoms with van der Waals surface area (Å²) in [5, 5.41) is 14.0. The summed E-state index contributed by atoms with van der Waals surface area (Å²) in [5.74, 6) is 2.39. The number of likely N-dealkylation sites (tertiary alicyclic amines) is 1. The van der Waals surface area contributed by atoms with Gasteiger partial charge >= 0.3 is 0 Å². The van der Waals surface area contributed by atoms with Gasteiger partial charge in [0, 0.05) is 55.5 Å². The lowest BCUT2D eigenvalue weighted by Crippen LogP contribution is -2.26. The fourth-order valence-corrected chi connectivity index (χ4v) is 5.80. The molecule has 10 nitrogen and oxygen atoms in total. The number of nitrogens with one attached hydrogen (secondary N) is 1. The average molecular weight is 527 g/mol. The Balaban J connectivity index is 1.28. The Hall–Kier alpha value is -4.02. The third kappa shape index (κ3) is 4.70. The Bertz CT molecular complexity index is 1550. The molecule has 2 atom stereocenters. The van der Waals surface area contributed by atoms with Crippen LogP contribution in [0.1, 0.15) is 19.4 Å². The van der Waals surface area contributed by atoms with E-state index in [1.807, 2.05) is 12.1 Å². The number of nitrogens with zero attached hydrogens (tertiary/aromatic N) is 7. The molecule has 6 rings (SSSR count). The number of fused-ring (bicyclic) bond motifs is 2. The number of anilines is 3. The molecule has 5 heterocycles. The van der Waals surface area contributed by atoms with E-state index in [0.29, 0.717) is 28.4 Å². The molecule has 2 N–H and O–H groups in total. The van der Waals surface area contributed by atoms with Gasteiger partial charge in [-0.15, -0.1) is 6.58 Å². The van der Waals surface area contributed by atoms with E-state index in [4.69, 9.17) is 4.98 Å². The van der Waals surface area contributed by atoms with Crippen LogP contribution in [0.5, 0.6) is 0 Å². The van der Waals surface area contributed by atoms with Crippen LogP contribution in [-0.4, -0.2) is 67.5 Å². The first-order chi connectivity index (χ1) is 18.7. The summed E-state index contributed by atoms with van der Waals surface area (Å²) in [7, 11) is 2.21. The molecule has 4 aromatic rings. The Labute approximate surface area is 227 Å². The quantitative estimate of drug-likeness (QED) is 0.354. The molecule has 202 valence electrons. The molecule has 0 radical (unpaired) electrons. The lowest BCUT2D eigenvalue weighted by Gasteiger charge is -2.21. The lowest BCUT2D eigenvalue weighted by molar-refractivity contribution is 0.0782. The van der Waals surface area contributed by atoms with E-state index in [9.17, 15) is 9.90 Å². The summed E-state index contributed by atoms with van der Waals surface area (Å²) in [6.07, 6.45) is 4.81. The standard InChI is InChI=1S/C29H34N8O2/c1-5-12-36-27(38)24-14-31-28(33-26(24)37(36)25-11-6-21(13-30-25)29(2,3)39)32-22-7-9-23(10-8-22)35-17-19-15-34(4)16-20(19)18-35/h5-11,13-14,19-20,39H,1,12,15-18H2,2-4H3,(H,31,32,33)/t19-,20+. The fourth-order valence-electron chi connectivity index (χ4n) is 5.80. The fraction of sp³-hybridized carbons (Fsp3) is 0.379. The molecule has 2 aliphatic heterocycles. The number of rotatable bonds is 7. The van der Waals surface area contributed by atoms with E-state index in [1.165, 1.54) is 23.5 Å². The number of benzene rings is 1. The highest BCUT2D eigenvalue weighted by Gasteiger charge is 2.38. The predicted molar refractivity (Wildman–Crippen MR) is 153 cm³/mol. The Morgan fingerprint density at radius 1 is 1.05 bits per heavy atom. The van der Waals surface area contributed by atoms with E-state index >= 15 is 0 Å². The van der Waals surface area contributed by atoms with Crippen molar-refractivity contribution in [2.24, 2.45) is 11.8 Å². The first-order valence-corrected chi connectivity index (χ1v) is 13.3. The molecule has 2 aliphatic rings. The van der Waals surface area contributed by atoms with E-state index in [0.717, 1.165) is 30.6 Å². The third-order valence-electron chi connectivity index (χ3n) is 7.81. The van der Waals surface area contributed by atoms with Crippen molar-refractivity contribution in [1.29, 1.82) is 0 Å². The summed E-state index contributed by atoms with van der Waals surface area (Å²) in [6, 6.07) is 11.9. The molecule has 0 aliphatic carbocycles. The van der Waals surface area contributed by atoms with Gasteiger partial charge in [-0.3, -0.25) is 4.79 Å². The zero-order chi connectivity index (χ0) is 27.3. The Kier molecular flexibility index (Phi) is 6.23. The second kappa shape index (κ2) is 9.62. The van der Waals surface area contributed by atoms with Gasteiger partial charge in [0.25, 0.3) is 5.56 Å². The van der Waals surface area contributed by atoms with Crippen molar-refractivity contribution in [1.82, 2.24) is 29.2 Å². The van der Waals surface area contributed by atoms with Gasteiger partial charge in [-0.1, -0.05) is 12.1 Å². The molecule has 3 aromatic heterocycles. The number of pyridine rings is 1. The Morgan fingerprint density at radius 3 is 2.38 bits per heavy atom. The molecule has 2 fully saturated rings. The van der Waals surface area contributed by atoms with Crippen LogP contribution in [0.2, 0.25) is 0 Å². The lowest BCUT2D eigenvalue weighted by atomic mass is 10.0. The molecule has 10 heteroatoms. The van der Waals surface area contributed by atoms with Crippen LogP contribution in [0.3, 0.4) is 0 Å². The molecule has 0 unspecified atom stereocenters. The van der Waals surface area contributed by atoms with Crippen molar-refractivity contribution >= 4 is 28.4 Å². The van der Waals surface area contributed by atoms with Crippen molar-refractivity contribution in [3.63, 3.8) is 0 Å². The first kappa shape index (κ1) is 25.3. The maximum Gasteiger partial charge on any atom is 0.278 e. The first-order valence-electron chi connectivity index (χ1n) is 13.3. The van der Waals surface area contributed by atoms with Gasteiger partial charge in [0.1, 0.15) is 5.39 Å². The molecule has 2 saturated heterocycles. The smallest absolute Gasteiger partial charge is 0.278 e. The summed E-state index contributed by atoms with van der Waals surface area (Å²) in [6.45, 7) is 12.0. The van der Waals surface area contributed by atoms with Gasteiger partial charge in [0.15, 0.2) is 11.5 Å². The molecule has 1 aromatic carbocycles. The van der Waals surface area contributed by atoms with Crippen LogP contribution in [0.4, 0.5) is 17.3 Å². The minimum atomic E-state index is -1.02. The van der Waals surface area contributed by atoms with Gasteiger partial charge in [-0.05, 0) is 63.1 Å². The summed E-state index contributed by atoms with van der Waals surface area (Å²) in [4.78, 5) is 31.7. The van der Waals surface area contributed by atoms with Gasteiger partial charge in [0.05, 0.1) is 12.1 Å². The third-order valence-corrected chi connectivity index (χ3v) is 7.81. The van der Waals surface area contributed by atoms with Gasteiger partial charge in [-0.25, -0.2) is 19.3 Å². The van der Waals surface area contributed by atoms with E-state index < -0.39 is 5.60 Å². The number of hydrogen-bond acceptors (Lipinski definition) is 8. The molecular formula is C29H34N8O2. The molecule has 0 saturated carbocycles. The van der Waals surface area contributed by atoms with Crippen molar-refractivity contribution in [3.05, 3.63) is 77.4 Å². The van der Waals surface area contributed by atoms with Gasteiger partial charge in [-0.2, -0.15) is 4.98 Å². The topological polar surface area (TPSA) is 104 Å². The second-order valence-electron chi connectivity index (χ2n) is 11.2. The zero-order valence-corrected chi connectivity index (χ0v) is 22.6. The largest absolute Gasteiger partial charge is 0.386 e. The van der Waals surface area contributed by atoms with Gasteiger partial charge in [0.2, 0.25) is 5.95 Å². The molecular weight excluding hydrogens is 492 g/mol. The summed E-state index contributed by atoms with van der Waals surface area (Å²) >= 11 is 0. The SMILES string of the molecule is C=CCn1c(=O)c2cnc(Nc3ccc(N4C[C@H]5CN(C)C[C@H]5C4)cc3)nc2n1-c1ccc(C(C)(C)O)cn1. The van der Waals surface area contributed by atoms with Crippen molar-refractivity contribution < 1.29 is 5.11 Å². The number of allylic oxidation sites excluding steroid dienone is 1. The second-order valence-corrected chi connectivity index (χ2v) is 11.2. The maximum atomic E-state index is 13.2. The molecule has 0 bridgehead atoms. The van der Waals surface area contributed by atoms with Crippen LogP contribution in [0, 0.1) is 11.8 Å². The van der Waals surface area contributed by atoms with Crippen molar-refractivity contribution in [2.75, 3.05) is 43.4 Å². The Morgan fingerprint density at radius 2 is 1.77 bits per heavy atom. The van der Waals surface area contributed by atoms with Crippen LogP contribution < -0.4 is 15.8 Å². The number of aromatic nitrogens is 5. The highest BCUT2D eigenvalue weighted by Crippen LogP contribution is 2.34. The molecule has 39 heavy (non-hydrogen) atoms. The van der Waals surface area contributed by atoms with Crippen molar-refractivity contribution in [3.8, 4) is 5.82 Å². The molecule has 0 amide bonds. The zero-order valence-electron chi connectivity index (χ0n) is 22.6. The summed E-state index contributed by atoms with van der Waals surface area (Å²) < 4.78 is 3.20. The van der Waals surface area contributed by atoms with E-state index in [-0.39, 0.29) is 12.1 Å². The minimum Gasteiger partial charge on any atom is -0.386 e. The van der Waals surface area contributed by atoms with Crippen LogP contribution >= 0.6 is 0 Å². The van der Waals surface area contributed by atoms with Gasteiger partial charge < -0.3 is 20.2 Å². The predicted octanol–water partition coefficient (Wildman–Crippen LogP) is 3.13. The summed E-state index contributed by atoms with van der Waals surface area (Å²) in [5.41, 5.74) is 1.95. The van der Waals surface area contributed by atoms with Crippen molar-refractivity contribution in [2.45, 2.75) is 26.0 Å². The molecule has 0 spiro atoms. The van der Waals surface area contributed by atoms with Crippen LogP contribution in [0.25, 0.3) is 16.9 Å². The monoisotopic (exact) mass is 526 g/mol. The van der Waals surface area contributed by atoms with E-state index in [1.54, 1.807) is 49.1 Å². The highest BCUT2D eigenvalue weighted by atomic mass is 16.3. The normalized spacial score (nSPS) is 19.5. The van der Waals surface area contributed by atoms with Crippen LogP contribution in [-0.2, 0) is 12.1 Å². The average Bonchev–Trinajstić information content (AvgIpc) is 3.54. The van der Waals surface area contributed by atoms with E-state index in [2.05, 4.69) is 50.8 Å². The minimum absolute atomic E-state index is 0.226. The highest BCUT2D eigenvalue weighted by molar-refractivity contribution is 5.77. The number of hydrogen-bond donors (Lipinski definition) is 2.